The number of phenols is 4. The van der Waals surface area contributed by atoms with Crippen molar-refractivity contribution in [2.45, 2.75) is 25.7 Å². The fraction of sp³-hybridized carbons (Fsp3) is 0.172. The Hall–Kier alpha value is -4.32. The first kappa shape index (κ1) is 23.8. The molecule has 4 N–H and O–H groups in total. The first-order valence-corrected chi connectivity index (χ1v) is 11.4. The Morgan fingerprint density at radius 1 is 0.543 bits per heavy atom. The second-order valence-electron chi connectivity index (χ2n) is 8.39. The zero-order chi connectivity index (χ0) is 24.8. The van der Waals surface area contributed by atoms with Crippen LogP contribution in [0.1, 0.15) is 22.3 Å². The van der Waals surface area contributed by atoms with Gasteiger partial charge in [-0.15, -0.1) is 0 Å². The highest BCUT2D eigenvalue weighted by atomic mass is 16.5. The second kappa shape index (κ2) is 10.7. The SMILES string of the molecule is COc1cccc(CCc2cccc(Oc3cc(CCc4ccc(O)c(O)c4)cc(O)c3O)c2)c1. The predicted octanol–water partition coefficient (Wildman–Crippen LogP) is 5.88. The lowest BCUT2D eigenvalue weighted by Gasteiger charge is -2.13. The minimum Gasteiger partial charge on any atom is -0.504 e. The summed E-state index contributed by atoms with van der Waals surface area (Å²) in [7, 11) is 1.65. The van der Waals surface area contributed by atoms with Gasteiger partial charge in [0, 0.05) is 0 Å². The van der Waals surface area contributed by atoms with Gasteiger partial charge in [0.05, 0.1) is 7.11 Å². The Morgan fingerprint density at radius 3 is 1.77 bits per heavy atom. The van der Waals surface area contributed by atoms with E-state index >= 15 is 0 Å². The van der Waals surface area contributed by atoms with Crippen LogP contribution in [0, 0.1) is 0 Å². The van der Waals surface area contributed by atoms with E-state index in [9.17, 15) is 20.4 Å². The Bertz CT molecular complexity index is 1310. The number of methoxy groups -OCH3 is 1. The van der Waals surface area contributed by atoms with E-state index in [2.05, 4.69) is 6.07 Å². The molecule has 0 atom stereocenters. The first-order valence-electron chi connectivity index (χ1n) is 11.4. The molecule has 0 unspecified atom stereocenters. The second-order valence-corrected chi connectivity index (χ2v) is 8.39. The zero-order valence-electron chi connectivity index (χ0n) is 19.4. The number of hydrogen-bond donors (Lipinski definition) is 4. The fourth-order valence-corrected chi connectivity index (χ4v) is 3.89. The molecular weight excluding hydrogens is 444 g/mol. The van der Waals surface area contributed by atoms with Crippen LogP contribution in [0.25, 0.3) is 0 Å². The van der Waals surface area contributed by atoms with Crippen molar-refractivity contribution in [1.82, 2.24) is 0 Å². The lowest BCUT2D eigenvalue weighted by Crippen LogP contribution is -1.95. The van der Waals surface area contributed by atoms with Crippen molar-refractivity contribution in [1.29, 1.82) is 0 Å². The molecule has 4 aromatic carbocycles. The van der Waals surface area contributed by atoms with Crippen LogP contribution in [0.5, 0.6) is 40.2 Å². The predicted molar refractivity (Wildman–Crippen MR) is 134 cm³/mol. The Kier molecular flexibility index (Phi) is 7.31. The van der Waals surface area contributed by atoms with Crippen molar-refractivity contribution in [3.05, 3.63) is 101 Å². The van der Waals surface area contributed by atoms with Crippen LogP contribution in [-0.2, 0) is 25.7 Å². The lowest BCUT2D eigenvalue weighted by atomic mass is 10.0. The van der Waals surface area contributed by atoms with E-state index < -0.39 is 0 Å². The van der Waals surface area contributed by atoms with Crippen LogP contribution in [-0.4, -0.2) is 27.5 Å². The summed E-state index contributed by atoms with van der Waals surface area (Å²) >= 11 is 0. The van der Waals surface area contributed by atoms with E-state index in [1.54, 1.807) is 25.3 Å². The summed E-state index contributed by atoms with van der Waals surface area (Å²) in [5, 5.41) is 39.7. The summed E-state index contributed by atoms with van der Waals surface area (Å²) in [6.45, 7) is 0. The Balaban J connectivity index is 1.45. The normalized spacial score (nSPS) is 10.8. The molecule has 0 amide bonds. The van der Waals surface area contributed by atoms with E-state index in [1.807, 2.05) is 36.4 Å². The fourth-order valence-electron chi connectivity index (χ4n) is 3.89. The molecule has 0 aliphatic carbocycles. The minimum absolute atomic E-state index is 0.165. The molecule has 0 aliphatic heterocycles. The van der Waals surface area contributed by atoms with Crippen molar-refractivity contribution in [2.24, 2.45) is 0 Å². The summed E-state index contributed by atoms with van der Waals surface area (Å²) in [5.41, 5.74) is 3.85. The van der Waals surface area contributed by atoms with Gasteiger partial charge in [-0.1, -0.05) is 30.3 Å². The van der Waals surface area contributed by atoms with Gasteiger partial charge in [-0.3, -0.25) is 0 Å². The van der Waals surface area contributed by atoms with Crippen molar-refractivity contribution in [3.63, 3.8) is 0 Å². The topological polar surface area (TPSA) is 99.4 Å². The van der Waals surface area contributed by atoms with Gasteiger partial charge in [0.1, 0.15) is 11.5 Å². The lowest BCUT2D eigenvalue weighted by molar-refractivity contribution is 0.372. The quantitative estimate of drug-likeness (QED) is 0.227. The van der Waals surface area contributed by atoms with Gasteiger partial charge >= 0.3 is 0 Å². The average molecular weight is 473 g/mol. The molecule has 0 saturated carbocycles. The molecule has 0 radical (unpaired) electrons. The number of benzene rings is 4. The molecule has 6 nitrogen and oxygen atoms in total. The number of aryl methyl sites for hydroxylation is 4. The molecule has 6 heteroatoms. The van der Waals surface area contributed by atoms with Crippen molar-refractivity contribution >= 4 is 0 Å². The average Bonchev–Trinajstić information content (AvgIpc) is 2.86. The van der Waals surface area contributed by atoms with Gasteiger partial charge in [0.25, 0.3) is 0 Å². The van der Waals surface area contributed by atoms with Crippen LogP contribution in [0.3, 0.4) is 0 Å². The number of hydrogen-bond acceptors (Lipinski definition) is 6. The third-order valence-electron chi connectivity index (χ3n) is 5.82. The molecule has 0 aliphatic rings. The molecule has 0 bridgehead atoms. The minimum atomic E-state index is -0.321. The third kappa shape index (κ3) is 6.18. The largest absolute Gasteiger partial charge is 0.504 e. The monoisotopic (exact) mass is 472 g/mol. The molecule has 4 aromatic rings. The summed E-state index contributed by atoms with van der Waals surface area (Å²) in [6.07, 6.45) is 2.75. The van der Waals surface area contributed by atoms with Gasteiger partial charge < -0.3 is 29.9 Å². The zero-order valence-corrected chi connectivity index (χ0v) is 19.4. The highest BCUT2D eigenvalue weighted by molar-refractivity contribution is 5.54. The summed E-state index contributed by atoms with van der Waals surface area (Å²) in [4.78, 5) is 0. The number of rotatable bonds is 9. The van der Waals surface area contributed by atoms with Crippen molar-refractivity contribution in [3.8, 4) is 40.2 Å². The molecule has 180 valence electrons. The molecular formula is C29H28O6. The smallest absolute Gasteiger partial charge is 0.201 e. The maximum atomic E-state index is 10.4. The van der Waals surface area contributed by atoms with Gasteiger partial charge in [-0.2, -0.15) is 0 Å². The molecule has 4 rings (SSSR count). The van der Waals surface area contributed by atoms with Crippen molar-refractivity contribution in [2.75, 3.05) is 7.11 Å². The van der Waals surface area contributed by atoms with E-state index in [-0.39, 0.29) is 28.7 Å². The number of aromatic hydroxyl groups is 4. The van der Waals surface area contributed by atoms with E-state index in [4.69, 9.17) is 9.47 Å². The van der Waals surface area contributed by atoms with Crippen LogP contribution in [0.4, 0.5) is 0 Å². The third-order valence-corrected chi connectivity index (χ3v) is 5.82. The van der Waals surface area contributed by atoms with Gasteiger partial charge in [-0.05, 0) is 96.5 Å². The van der Waals surface area contributed by atoms with Crippen LogP contribution >= 0.6 is 0 Å². The van der Waals surface area contributed by atoms with Crippen LogP contribution in [0.15, 0.2) is 78.9 Å². The maximum absolute atomic E-state index is 10.4. The summed E-state index contributed by atoms with van der Waals surface area (Å²) < 4.78 is 11.2. The Morgan fingerprint density at radius 2 is 1.11 bits per heavy atom. The molecule has 0 heterocycles. The molecule has 0 aromatic heterocycles. The molecule has 0 saturated heterocycles. The molecule has 0 spiro atoms. The van der Waals surface area contributed by atoms with E-state index in [1.165, 1.54) is 23.8 Å². The Labute approximate surface area is 204 Å². The molecule has 35 heavy (non-hydrogen) atoms. The van der Waals surface area contributed by atoms with Gasteiger partial charge in [0.2, 0.25) is 5.75 Å². The van der Waals surface area contributed by atoms with Crippen molar-refractivity contribution < 1.29 is 29.9 Å². The highest BCUT2D eigenvalue weighted by Gasteiger charge is 2.13. The maximum Gasteiger partial charge on any atom is 0.201 e. The summed E-state index contributed by atoms with van der Waals surface area (Å²) in [6, 6.07) is 23.5. The van der Waals surface area contributed by atoms with E-state index in [0.29, 0.717) is 18.6 Å². The summed E-state index contributed by atoms with van der Waals surface area (Å²) in [5.74, 6) is 0.626. The standard InChI is InChI=1S/C29H28O6/c1-34-23-6-2-4-19(14-23)8-9-20-5-3-7-24(15-20)35-28-18-22(17-27(32)29(28)33)11-10-21-12-13-25(30)26(31)16-21/h2-7,12-18,30-33H,8-11H2,1H3. The van der Waals surface area contributed by atoms with Crippen LogP contribution in [0.2, 0.25) is 0 Å². The first-order chi connectivity index (χ1) is 16.9. The van der Waals surface area contributed by atoms with Crippen LogP contribution < -0.4 is 9.47 Å². The van der Waals surface area contributed by atoms with E-state index in [0.717, 1.165) is 35.3 Å². The van der Waals surface area contributed by atoms with Gasteiger partial charge in [-0.25, -0.2) is 0 Å². The van der Waals surface area contributed by atoms with Gasteiger partial charge in [0.15, 0.2) is 23.0 Å². The number of phenolic OH excluding ortho intramolecular Hbond substituents is 4. The molecule has 0 fully saturated rings. The number of ether oxygens (including phenoxy) is 2. The highest BCUT2D eigenvalue weighted by Crippen LogP contribution is 2.39.